The van der Waals surface area contributed by atoms with Gasteiger partial charge in [0.15, 0.2) is 0 Å². The first-order chi connectivity index (χ1) is 10.1. The molecule has 0 aliphatic heterocycles. The van der Waals surface area contributed by atoms with Crippen molar-refractivity contribution in [1.29, 1.82) is 0 Å². The molecule has 2 aromatic carbocycles. The van der Waals surface area contributed by atoms with Crippen LogP contribution in [0, 0.1) is 12.7 Å². The molecule has 21 heavy (non-hydrogen) atoms. The van der Waals surface area contributed by atoms with Crippen molar-refractivity contribution in [2.45, 2.75) is 32.7 Å². The summed E-state index contributed by atoms with van der Waals surface area (Å²) in [4.78, 5) is 0. The SMILES string of the molecule is COc1ccc(CCC(C)Nc2cc(C)cc(F)c2)cc1. The molecule has 2 rings (SSSR count). The van der Waals surface area contributed by atoms with E-state index in [1.54, 1.807) is 7.11 Å². The van der Waals surface area contributed by atoms with Gasteiger partial charge in [0.25, 0.3) is 0 Å². The number of hydrogen-bond acceptors (Lipinski definition) is 2. The Balaban J connectivity index is 1.87. The molecule has 112 valence electrons. The fourth-order valence-electron chi connectivity index (χ4n) is 2.35. The summed E-state index contributed by atoms with van der Waals surface area (Å²) in [5.41, 5.74) is 3.05. The van der Waals surface area contributed by atoms with E-state index in [1.807, 2.05) is 25.1 Å². The molecule has 0 radical (unpaired) electrons. The van der Waals surface area contributed by atoms with Crippen molar-refractivity contribution in [3.63, 3.8) is 0 Å². The Hall–Kier alpha value is -2.03. The van der Waals surface area contributed by atoms with Crippen LogP contribution in [0.15, 0.2) is 42.5 Å². The first kappa shape index (κ1) is 15.4. The lowest BCUT2D eigenvalue weighted by atomic mass is 10.1. The van der Waals surface area contributed by atoms with Gasteiger partial charge in [-0.1, -0.05) is 12.1 Å². The molecule has 1 N–H and O–H groups in total. The largest absolute Gasteiger partial charge is 0.497 e. The zero-order chi connectivity index (χ0) is 15.2. The fraction of sp³-hybridized carbons (Fsp3) is 0.333. The number of ether oxygens (including phenoxy) is 1. The van der Waals surface area contributed by atoms with E-state index < -0.39 is 0 Å². The summed E-state index contributed by atoms with van der Waals surface area (Å²) >= 11 is 0. The Kier molecular flexibility index (Phi) is 5.20. The molecule has 3 heteroatoms. The van der Waals surface area contributed by atoms with Gasteiger partial charge >= 0.3 is 0 Å². The number of halogens is 1. The maximum absolute atomic E-state index is 13.3. The van der Waals surface area contributed by atoms with Crippen LogP contribution in [0.3, 0.4) is 0 Å². The highest BCUT2D eigenvalue weighted by Gasteiger charge is 2.05. The minimum Gasteiger partial charge on any atom is -0.497 e. The molecule has 0 aliphatic rings. The highest BCUT2D eigenvalue weighted by Crippen LogP contribution is 2.17. The Morgan fingerprint density at radius 2 is 1.86 bits per heavy atom. The summed E-state index contributed by atoms with van der Waals surface area (Å²) in [5.74, 6) is 0.681. The Labute approximate surface area is 126 Å². The maximum Gasteiger partial charge on any atom is 0.125 e. The average molecular weight is 287 g/mol. The quantitative estimate of drug-likeness (QED) is 0.840. The normalized spacial score (nSPS) is 12.0. The van der Waals surface area contributed by atoms with E-state index >= 15 is 0 Å². The van der Waals surface area contributed by atoms with Crippen LogP contribution < -0.4 is 10.1 Å². The van der Waals surface area contributed by atoms with Crippen molar-refractivity contribution in [2.24, 2.45) is 0 Å². The standard InChI is InChI=1S/C18H22FNO/c1-13-10-16(19)12-17(11-13)20-14(2)4-5-15-6-8-18(21-3)9-7-15/h6-12,14,20H,4-5H2,1-3H3. The molecule has 0 aromatic heterocycles. The number of rotatable bonds is 6. The third-order valence-electron chi connectivity index (χ3n) is 3.48. The monoisotopic (exact) mass is 287 g/mol. The number of hydrogen-bond donors (Lipinski definition) is 1. The fourth-order valence-corrected chi connectivity index (χ4v) is 2.35. The molecule has 0 fully saturated rings. The molecule has 1 atom stereocenters. The van der Waals surface area contributed by atoms with Crippen LogP contribution in [0.25, 0.3) is 0 Å². The van der Waals surface area contributed by atoms with Crippen LogP contribution in [0.1, 0.15) is 24.5 Å². The second-order valence-electron chi connectivity index (χ2n) is 5.45. The second kappa shape index (κ2) is 7.11. The van der Waals surface area contributed by atoms with E-state index in [0.717, 1.165) is 29.8 Å². The second-order valence-corrected chi connectivity index (χ2v) is 5.45. The van der Waals surface area contributed by atoms with Crippen LogP contribution in [-0.4, -0.2) is 13.2 Å². The first-order valence-corrected chi connectivity index (χ1v) is 7.23. The van der Waals surface area contributed by atoms with Crippen LogP contribution in [0.5, 0.6) is 5.75 Å². The smallest absolute Gasteiger partial charge is 0.125 e. The molecule has 0 aliphatic carbocycles. The van der Waals surface area contributed by atoms with Crippen LogP contribution in [0.4, 0.5) is 10.1 Å². The van der Waals surface area contributed by atoms with Gasteiger partial charge in [0.05, 0.1) is 7.11 Å². The van der Waals surface area contributed by atoms with Gasteiger partial charge < -0.3 is 10.1 Å². The van der Waals surface area contributed by atoms with Crippen molar-refractivity contribution in [3.05, 3.63) is 59.4 Å². The minimum absolute atomic E-state index is 0.195. The number of benzene rings is 2. The topological polar surface area (TPSA) is 21.3 Å². The van der Waals surface area contributed by atoms with Crippen molar-refractivity contribution < 1.29 is 9.13 Å². The lowest BCUT2D eigenvalue weighted by molar-refractivity contribution is 0.414. The molecule has 0 spiro atoms. The highest BCUT2D eigenvalue weighted by molar-refractivity contribution is 5.46. The average Bonchev–Trinajstić information content (AvgIpc) is 2.44. The van der Waals surface area contributed by atoms with E-state index in [0.29, 0.717) is 0 Å². The molecule has 0 bridgehead atoms. The van der Waals surface area contributed by atoms with E-state index in [2.05, 4.69) is 24.4 Å². The maximum atomic E-state index is 13.3. The van der Waals surface area contributed by atoms with Gasteiger partial charge in [-0.3, -0.25) is 0 Å². The molecule has 2 aromatic rings. The molecule has 1 unspecified atom stereocenters. The molecule has 0 saturated carbocycles. The Bertz CT molecular complexity index is 560. The molecule has 0 heterocycles. The van der Waals surface area contributed by atoms with Gasteiger partial charge in [0.1, 0.15) is 11.6 Å². The molecule has 0 amide bonds. The number of methoxy groups -OCH3 is 1. The predicted molar refractivity (Wildman–Crippen MR) is 85.5 cm³/mol. The van der Waals surface area contributed by atoms with Crippen LogP contribution >= 0.6 is 0 Å². The summed E-state index contributed by atoms with van der Waals surface area (Å²) in [6, 6.07) is 13.4. The van der Waals surface area contributed by atoms with Gasteiger partial charge in [-0.2, -0.15) is 0 Å². The molecular weight excluding hydrogens is 265 g/mol. The van der Waals surface area contributed by atoms with Gasteiger partial charge in [-0.25, -0.2) is 4.39 Å². The van der Waals surface area contributed by atoms with Gasteiger partial charge in [0, 0.05) is 11.7 Å². The Morgan fingerprint density at radius 1 is 1.14 bits per heavy atom. The van der Waals surface area contributed by atoms with E-state index in [4.69, 9.17) is 4.74 Å². The summed E-state index contributed by atoms with van der Waals surface area (Å²) in [6.45, 7) is 4.01. The van der Waals surface area contributed by atoms with Crippen molar-refractivity contribution in [3.8, 4) is 5.75 Å². The summed E-state index contributed by atoms with van der Waals surface area (Å²) < 4.78 is 18.5. The van der Waals surface area contributed by atoms with E-state index in [-0.39, 0.29) is 11.9 Å². The third-order valence-corrected chi connectivity index (χ3v) is 3.48. The van der Waals surface area contributed by atoms with Gasteiger partial charge in [0.2, 0.25) is 0 Å². The van der Waals surface area contributed by atoms with E-state index in [1.165, 1.54) is 17.7 Å². The van der Waals surface area contributed by atoms with Crippen LogP contribution in [-0.2, 0) is 6.42 Å². The van der Waals surface area contributed by atoms with Crippen molar-refractivity contribution in [2.75, 3.05) is 12.4 Å². The third kappa shape index (κ3) is 4.78. The first-order valence-electron chi connectivity index (χ1n) is 7.23. The summed E-state index contributed by atoms with van der Waals surface area (Å²) in [6.07, 6.45) is 1.97. The number of nitrogens with one attached hydrogen (secondary N) is 1. The van der Waals surface area contributed by atoms with E-state index in [9.17, 15) is 4.39 Å². The highest BCUT2D eigenvalue weighted by atomic mass is 19.1. The Morgan fingerprint density at radius 3 is 2.48 bits per heavy atom. The van der Waals surface area contributed by atoms with Gasteiger partial charge in [-0.15, -0.1) is 0 Å². The molecule has 0 saturated heterocycles. The number of anilines is 1. The number of aryl methyl sites for hydroxylation is 2. The summed E-state index contributed by atoms with van der Waals surface area (Å²) in [5, 5.41) is 3.35. The molecule has 2 nitrogen and oxygen atoms in total. The zero-order valence-corrected chi connectivity index (χ0v) is 12.8. The van der Waals surface area contributed by atoms with Gasteiger partial charge in [-0.05, 0) is 68.1 Å². The predicted octanol–water partition coefficient (Wildman–Crippen LogP) is 4.58. The zero-order valence-electron chi connectivity index (χ0n) is 12.8. The van der Waals surface area contributed by atoms with Crippen molar-refractivity contribution >= 4 is 5.69 Å². The van der Waals surface area contributed by atoms with Crippen molar-refractivity contribution in [1.82, 2.24) is 0 Å². The lowest BCUT2D eigenvalue weighted by Crippen LogP contribution is -2.16. The summed E-state index contributed by atoms with van der Waals surface area (Å²) in [7, 11) is 1.67. The molecular formula is C18H22FNO. The minimum atomic E-state index is -0.195. The lowest BCUT2D eigenvalue weighted by Gasteiger charge is -2.16. The van der Waals surface area contributed by atoms with Crippen LogP contribution in [0.2, 0.25) is 0 Å².